The Morgan fingerprint density at radius 3 is 1.44 bits per heavy atom. The number of benzene rings is 3. The lowest BCUT2D eigenvalue weighted by molar-refractivity contribution is 0.0733. The quantitative estimate of drug-likeness (QED) is 0.524. The maximum atomic E-state index is 12.2. The third kappa shape index (κ3) is 4.32. The molecular formula is C21H16O4. The van der Waals surface area contributed by atoms with Gasteiger partial charge in [0.1, 0.15) is 11.5 Å². The molecule has 0 bridgehead atoms. The number of aryl methyl sites for hydroxylation is 1. The predicted molar refractivity (Wildman–Crippen MR) is 94.0 cm³/mol. The lowest BCUT2D eigenvalue weighted by Crippen LogP contribution is -2.10. The summed E-state index contributed by atoms with van der Waals surface area (Å²) in [5.41, 5.74) is 1.72. The van der Waals surface area contributed by atoms with Crippen LogP contribution in [-0.2, 0) is 0 Å². The minimum absolute atomic E-state index is 0.324. The number of ether oxygens (including phenoxy) is 2. The van der Waals surface area contributed by atoms with Crippen LogP contribution in [0.25, 0.3) is 0 Å². The zero-order valence-corrected chi connectivity index (χ0v) is 13.6. The molecule has 0 spiro atoms. The average molecular weight is 332 g/mol. The van der Waals surface area contributed by atoms with Crippen LogP contribution < -0.4 is 9.47 Å². The Kier molecular flexibility index (Phi) is 4.90. The highest BCUT2D eigenvalue weighted by Crippen LogP contribution is 2.24. The molecule has 124 valence electrons. The smallest absolute Gasteiger partial charge is 0.343 e. The summed E-state index contributed by atoms with van der Waals surface area (Å²) < 4.78 is 10.8. The van der Waals surface area contributed by atoms with E-state index in [1.807, 2.05) is 19.1 Å². The van der Waals surface area contributed by atoms with Gasteiger partial charge in [-0.3, -0.25) is 0 Å². The number of esters is 2. The Morgan fingerprint density at radius 2 is 1.04 bits per heavy atom. The van der Waals surface area contributed by atoms with Crippen molar-refractivity contribution in [3.05, 3.63) is 95.6 Å². The molecule has 4 heteroatoms. The largest absolute Gasteiger partial charge is 0.423 e. The van der Waals surface area contributed by atoms with Crippen LogP contribution in [0.5, 0.6) is 11.5 Å². The van der Waals surface area contributed by atoms with Gasteiger partial charge in [0.25, 0.3) is 0 Å². The van der Waals surface area contributed by atoms with Crippen molar-refractivity contribution >= 4 is 11.9 Å². The fraction of sp³-hybridized carbons (Fsp3) is 0.0476. The van der Waals surface area contributed by atoms with Crippen molar-refractivity contribution < 1.29 is 19.1 Å². The molecule has 0 fully saturated rings. The standard InChI is InChI=1S/C21H16O4/c1-15-12-18(24-20(22)16-8-4-2-5-9-16)14-19(13-15)25-21(23)17-10-6-3-7-11-17/h2-14H,1H3. The van der Waals surface area contributed by atoms with E-state index in [0.29, 0.717) is 22.6 Å². The summed E-state index contributed by atoms with van der Waals surface area (Å²) in [6, 6.07) is 22.3. The van der Waals surface area contributed by atoms with Crippen LogP contribution >= 0.6 is 0 Å². The molecular weight excluding hydrogens is 316 g/mol. The molecule has 3 aromatic carbocycles. The van der Waals surface area contributed by atoms with Gasteiger partial charge >= 0.3 is 11.9 Å². The molecule has 4 nitrogen and oxygen atoms in total. The lowest BCUT2D eigenvalue weighted by atomic mass is 10.2. The summed E-state index contributed by atoms with van der Waals surface area (Å²) in [5, 5.41) is 0. The van der Waals surface area contributed by atoms with E-state index in [1.54, 1.807) is 60.7 Å². The molecule has 0 aromatic heterocycles. The molecule has 0 unspecified atom stereocenters. The number of hydrogen-bond acceptors (Lipinski definition) is 4. The summed E-state index contributed by atoms with van der Waals surface area (Å²) in [5.74, 6) is -0.285. The third-order valence-electron chi connectivity index (χ3n) is 3.46. The summed E-state index contributed by atoms with van der Waals surface area (Å²) in [6.07, 6.45) is 0. The number of hydrogen-bond donors (Lipinski definition) is 0. The number of carbonyl (C=O) groups is 2. The molecule has 0 saturated carbocycles. The van der Waals surface area contributed by atoms with E-state index in [-0.39, 0.29) is 0 Å². The molecule has 0 N–H and O–H groups in total. The normalized spacial score (nSPS) is 10.1. The molecule has 0 aliphatic carbocycles. The topological polar surface area (TPSA) is 52.6 Å². The molecule has 0 aliphatic heterocycles. The average Bonchev–Trinajstić information content (AvgIpc) is 2.62. The van der Waals surface area contributed by atoms with Gasteiger partial charge in [-0.15, -0.1) is 0 Å². The Labute approximate surface area is 145 Å². The first kappa shape index (κ1) is 16.5. The van der Waals surface area contributed by atoms with Crippen LogP contribution in [0, 0.1) is 6.92 Å². The van der Waals surface area contributed by atoms with Crippen LogP contribution in [0.2, 0.25) is 0 Å². The SMILES string of the molecule is Cc1cc(OC(=O)c2ccccc2)cc(OC(=O)c2ccccc2)c1. The fourth-order valence-corrected chi connectivity index (χ4v) is 2.31. The van der Waals surface area contributed by atoms with Gasteiger partial charge in [-0.1, -0.05) is 36.4 Å². The van der Waals surface area contributed by atoms with Crippen LogP contribution in [-0.4, -0.2) is 11.9 Å². The van der Waals surface area contributed by atoms with Gasteiger partial charge in [0.2, 0.25) is 0 Å². The molecule has 3 aromatic rings. The minimum Gasteiger partial charge on any atom is -0.423 e. The molecule has 25 heavy (non-hydrogen) atoms. The maximum Gasteiger partial charge on any atom is 0.343 e. The molecule has 0 radical (unpaired) electrons. The van der Waals surface area contributed by atoms with E-state index >= 15 is 0 Å². The Morgan fingerprint density at radius 1 is 0.640 bits per heavy atom. The minimum atomic E-state index is -0.466. The molecule has 0 atom stereocenters. The molecule has 0 aliphatic rings. The second kappa shape index (κ2) is 7.45. The van der Waals surface area contributed by atoms with Gasteiger partial charge in [-0.2, -0.15) is 0 Å². The summed E-state index contributed by atoms with van der Waals surface area (Å²) >= 11 is 0. The van der Waals surface area contributed by atoms with Crippen LogP contribution in [0.15, 0.2) is 78.9 Å². The highest BCUT2D eigenvalue weighted by atomic mass is 16.5. The van der Waals surface area contributed by atoms with E-state index in [4.69, 9.17) is 9.47 Å². The van der Waals surface area contributed by atoms with E-state index in [9.17, 15) is 9.59 Å². The van der Waals surface area contributed by atoms with Gasteiger partial charge < -0.3 is 9.47 Å². The second-order valence-electron chi connectivity index (χ2n) is 5.49. The summed E-state index contributed by atoms with van der Waals surface area (Å²) in [7, 11) is 0. The molecule has 0 amide bonds. The maximum absolute atomic E-state index is 12.2. The summed E-state index contributed by atoms with van der Waals surface area (Å²) in [4.78, 5) is 24.3. The van der Waals surface area contributed by atoms with Crippen molar-refractivity contribution in [1.29, 1.82) is 0 Å². The zero-order valence-electron chi connectivity index (χ0n) is 13.6. The van der Waals surface area contributed by atoms with Gasteiger partial charge in [-0.25, -0.2) is 9.59 Å². The Balaban J connectivity index is 1.76. The first-order chi connectivity index (χ1) is 12.1. The van der Waals surface area contributed by atoms with Crippen molar-refractivity contribution in [2.45, 2.75) is 6.92 Å². The van der Waals surface area contributed by atoms with Gasteiger partial charge in [-0.05, 0) is 48.9 Å². The van der Waals surface area contributed by atoms with Crippen molar-refractivity contribution in [2.24, 2.45) is 0 Å². The van der Waals surface area contributed by atoms with Crippen LogP contribution in [0.4, 0.5) is 0 Å². The second-order valence-corrected chi connectivity index (χ2v) is 5.49. The summed E-state index contributed by atoms with van der Waals surface area (Å²) in [6.45, 7) is 1.83. The number of rotatable bonds is 4. The highest BCUT2D eigenvalue weighted by Gasteiger charge is 2.12. The van der Waals surface area contributed by atoms with Gasteiger partial charge in [0.15, 0.2) is 0 Å². The Hall–Kier alpha value is -3.40. The molecule has 3 rings (SSSR count). The third-order valence-corrected chi connectivity index (χ3v) is 3.46. The Bertz CT molecular complexity index is 815. The van der Waals surface area contributed by atoms with Crippen molar-refractivity contribution in [3.8, 4) is 11.5 Å². The van der Waals surface area contributed by atoms with E-state index in [0.717, 1.165) is 5.56 Å². The van der Waals surface area contributed by atoms with Crippen LogP contribution in [0.1, 0.15) is 26.3 Å². The van der Waals surface area contributed by atoms with E-state index in [1.165, 1.54) is 6.07 Å². The first-order valence-corrected chi connectivity index (χ1v) is 7.78. The van der Waals surface area contributed by atoms with Gasteiger partial charge in [0, 0.05) is 6.07 Å². The van der Waals surface area contributed by atoms with Crippen molar-refractivity contribution in [1.82, 2.24) is 0 Å². The number of carbonyl (C=O) groups excluding carboxylic acids is 2. The van der Waals surface area contributed by atoms with E-state index < -0.39 is 11.9 Å². The highest BCUT2D eigenvalue weighted by molar-refractivity contribution is 5.92. The van der Waals surface area contributed by atoms with Crippen LogP contribution in [0.3, 0.4) is 0 Å². The lowest BCUT2D eigenvalue weighted by Gasteiger charge is -2.09. The predicted octanol–water partition coefficient (Wildman–Crippen LogP) is 4.43. The first-order valence-electron chi connectivity index (χ1n) is 7.78. The molecule has 0 saturated heterocycles. The zero-order chi connectivity index (χ0) is 17.6. The monoisotopic (exact) mass is 332 g/mol. The van der Waals surface area contributed by atoms with E-state index in [2.05, 4.69) is 0 Å². The van der Waals surface area contributed by atoms with Gasteiger partial charge in [0.05, 0.1) is 11.1 Å². The van der Waals surface area contributed by atoms with Crippen molar-refractivity contribution in [2.75, 3.05) is 0 Å². The fourth-order valence-electron chi connectivity index (χ4n) is 2.31. The molecule has 0 heterocycles. The van der Waals surface area contributed by atoms with Crippen molar-refractivity contribution in [3.63, 3.8) is 0 Å².